The summed E-state index contributed by atoms with van der Waals surface area (Å²) in [6.45, 7) is 0. The summed E-state index contributed by atoms with van der Waals surface area (Å²) >= 11 is 0. The second-order valence-electron chi connectivity index (χ2n) is 3.88. The summed E-state index contributed by atoms with van der Waals surface area (Å²) in [6, 6.07) is 16.2. The lowest BCUT2D eigenvalue weighted by molar-refractivity contribution is 1.19. The van der Waals surface area contributed by atoms with Crippen molar-refractivity contribution in [1.29, 1.82) is 0 Å². The van der Waals surface area contributed by atoms with Crippen LogP contribution in [0, 0.1) is 0 Å². The second kappa shape index (κ2) is 5.32. The molecule has 3 rings (SSSR count). The minimum atomic E-state index is 0. The molecule has 92 valence electrons. The summed E-state index contributed by atoms with van der Waals surface area (Å²) in [5.41, 5.74) is 3.13. The summed E-state index contributed by atoms with van der Waals surface area (Å²) in [5, 5.41) is 0. The van der Waals surface area contributed by atoms with Gasteiger partial charge in [0.05, 0.1) is 5.69 Å². The predicted molar refractivity (Wildman–Crippen MR) is 79.4 cm³/mol. The molecule has 18 heavy (non-hydrogen) atoms. The van der Waals surface area contributed by atoms with Crippen LogP contribution in [-0.2, 0) is 0 Å². The number of hydrogen-bond donors (Lipinski definition) is 0. The molecule has 0 fully saturated rings. The van der Waals surface area contributed by atoms with Crippen molar-refractivity contribution >= 4 is 17.8 Å². The maximum absolute atomic E-state index is 4.50. The van der Waals surface area contributed by atoms with Crippen molar-refractivity contribution in [3.05, 3.63) is 72.2 Å². The van der Waals surface area contributed by atoms with Gasteiger partial charge in [-0.3, -0.25) is 0 Å². The summed E-state index contributed by atoms with van der Waals surface area (Å²) in [4.78, 5) is 4.50. The maximum atomic E-state index is 4.50. The number of rotatable bonds is 2. The monoisotopic (exact) mass is 239 g/mol. The van der Waals surface area contributed by atoms with E-state index in [4.69, 9.17) is 0 Å². The van der Waals surface area contributed by atoms with Crippen LogP contribution in [0.2, 0.25) is 0 Å². The molecule has 0 amide bonds. The Kier molecular flexibility index (Phi) is 3.58. The first-order chi connectivity index (χ1) is 8.42. The van der Waals surface area contributed by atoms with Crippen molar-refractivity contribution in [2.45, 2.75) is 7.43 Å². The van der Waals surface area contributed by atoms with E-state index in [2.05, 4.69) is 23.2 Å². The zero-order valence-electron chi connectivity index (χ0n) is 9.32. The van der Waals surface area contributed by atoms with Crippen LogP contribution in [0.1, 0.15) is 20.1 Å². The Balaban J connectivity index is 0.000000902. The molecule has 0 bridgehead atoms. The van der Waals surface area contributed by atoms with Gasteiger partial charge in [0.2, 0.25) is 0 Å². The van der Waals surface area contributed by atoms with Crippen LogP contribution in [0.5, 0.6) is 0 Å². The number of hydrogen-bond acceptors (Lipinski definition) is 1. The fourth-order valence-corrected chi connectivity index (χ4v) is 1.78. The molecule has 0 radical (unpaired) electrons. The molecule has 0 aliphatic heterocycles. The molecule has 0 unspecified atom stereocenters. The minimum absolute atomic E-state index is 0. The molecule has 0 saturated heterocycles. The number of pyridine rings is 1. The molecule has 0 aliphatic rings. The van der Waals surface area contributed by atoms with Crippen LogP contribution in [0.3, 0.4) is 0 Å². The van der Waals surface area contributed by atoms with E-state index in [1.165, 1.54) is 5.56 Å². The van der Waals surface area contributed by atoms with Crippen molar-refractivity contribution in [1.82, 2.24) is 9.38 Å². The average molecular weight is 239 g/mol. The highest BCUT2D eigenvalue weighted by atomic mass is 15.0. The standard InChI is InChI=1S/C15H12N2.CH4.H2/c1-2-6-13(7-3-1)9-10-14-12-17-11-5-4-8-15(17)16-14;;/h1-12H;1H4;1H/b10-9+;;/i;;1+1. The van der Waals surface area contributed by atoms with Gasteiger partial charge in [-0.1, -0.05) is 49.9 Å². The number of nitrogens with zero attached hydrogens (tertiary/aromatic N) is 2. The van der Waals surface area contributed by atoms with Crippen molar-refractivity contribution in [2.24, 2.45) is 0 Å². The summed E-state index contributed by atoms with van der Waals surface area (Å²) in [7, 11) is 0. The normalized spacial score (nSPS) is 10.7. The van der Waals surface area contributed by atoms with Crippen LogP contribution >= 0.6 is 0 Å². The Morgan fingerprint density at radius 1 is 0.944 bits per heavy atom. The molecule has 3 aromatic rings. The largest absolute Gasteiger partial charge is 0.306 e. The molecule has 0 N–H and O–H groups in total. The third kappa shape index (κ3) is 2.48. The molecular formula is C16H18N2. The Morgan fingerprint density at radius 3 is 2.50 bits per heavy atom. The predicted octanol–water partition coefficient (Wildman–Crippen LogP) is 4.39. The van der Waals surface area contributed by atoms with Crippen LogP contribution in [0.25, 0.3) is 17.8 Å². The summed E-state index contributed by atoms with van der Waals surface area (Å²) in [5.74, 6) is 0. The minimum Gasteiger partial charge on any atom is -0.306 e. The Labute approximate surface area is 109 Å². The first-order valence-corrected chi connectivity index (χ1v) is 5.59. The van der Waals surface area contributed by atoms with Gasteiger partial charge in [-0.25, -0.2) is 4.98 Å². The number of imidazole rings is 1. The van der Waals surface area contributed by atoms with Gasteiger partial charge in [-0.2, -0.15) is 0 Å². The van der Waals surface area contributed by atoms with Gasteiger partial charge in [0, 0.05) is 13.8 Å². The molecule has 0 atom stereocenters. The van der Waals surface area contributed by atoms with Crippen molar-refractivity contribution in [3.8, 4) is 0 Å². The summed E-state index contributed by atoms with van der Waals surface area (Å²) < 4.78 is 2.02. The molecule has 2 aromatic heterocycles. The lowest BCUT2D eigenvalue weighted by Gasteiger charge is -1.89. The van der Waals surface area contributed by atoms with Gasteiger partial charge in [-0.05, 0) is 23.8 Å². The first kappa shape index (κ1) is 12.1. The quantitative estimate of drug-likeness (QED) is 0.648. The molecule has 2 heteroatoms. The number of aromatic nitrogens is 2. The van der Waals surface area contributed by atoms with Crippen molar-refractivity contribution in [2.75, 3.05) is 0 Å². The fourth-order valence-electron chi connectivity index (χ4n) is 1.78. The van der Waals surface area contributed by atoms with E-state index >= 15 is 0 Å². The van der Waals surface area contributed by atoms with Crippen LogP contribution in [-0.4, -0.2) is 9.38 Å². The van der Waals surface area contributed by atoms with Crippen LogP contribution < -0.4 is 0 Å². The van der Waals surface area contributed by atoms with E-state index in [1.54, 1.807) is 0 Å². The van der Waals surface area contributed by atoms with E-state index in [1.807, 2.05) is 59.3 Å². The average Bonchev–Trinajstić information content (AvgIpc) is 2.80. The van der Waals surface area contributed by atoms with E-state index < -0.39 is 0 Å². The van der Waals surface area contributed by atoms with E-state index in [9.17, 15) is 0 Å². The summed E-state index contributed by atoms with van der Waals surface area (Å²) in [6.07, 6.45) is 8.13. The molecule has 2 nitrogen and oxygen atoms in total. The van der Waals surface area contributed by atoms with E-state index in [0.29, 0.717) is 0 Å². The van der Waals surface area contributed by atoms with E-state index in [-0.39, 0.29) is 8.85 Å². The smallest absolute Gasteiger partial charge is 0.137 e. The topological polar surface area (TPSA) is 17.3 Å². The zero-order valence-corrected chi connectivity index (χ0v) is 9.32. The number of benzene rings is 1. The Hall–Kier alpha value is -2.35. The fraction of sp³-hybridized carbons (Fsp3) is 0.0625. The number of fused-ring (bicyclic) bond motifs is 1. The highest BCUT2D eigenvalue weighted by Crippen LogP contribution is 2.09. The van der Waals surface area contributed by atoms with Gasteiger partial charge in [0.25, 0.3) is 0 Å². The van der Waals surface area contributed by atoms with Gasteiger partial charge < -0.3 is 4.40 Å². The van der Waals surface area contributed by atoms with Gasteiger partial charge in [-0.15, -0.1) is 0 Å². The first-order valence-electron chi connectivity index (χ1n) is 5.59. The van der Waals surface area contributed by atoms with Crippen LogP contribution in [0.4, 0.5) is 0 Å². The lowest BCUT2D eigenvalue weighted by Crippen LogP contribution is -1.77. The van der Waals surface area contributed by atoms with Gasteiger partial charge in [0.1, 0.15) is 5.65 Å². The third-order valence-electron chi connectivity index (χ3n) is 2.63. The molecule has 0 spiro atoms. The van der Waals surface area contributed by atoms with Gasteiger partial charge in [0.15, 0.2) is 0 Å². The molecule has 2 heterocycles. The molecule has 0 saturated carbocycles. The second-order valence-corrected chi connectivity index (χ2v) is 3.88. The molecule has 1 aromatic carbocycles. The van der Waals surface area contributed by atoms with Crippen LogP contribution in [0.15, 0.2) is 60.9 Å². The maximum Gasteiger partial charge on any atom is 0.137 e. The van der Waals surface area contributed by atoms with E-state index in [0.717, 1.165) is 11.3 Å². The lowest BCUT2D eigenvalue weighted by atomic mass is 10.2. The highest BCUT2D eigenvalue weighted by molar-refractivity contribution is 5.68. The molecule has 0 aliphatic carbocycles. The Bertz CT molecular complexity index is 624. The Morgan fingerprint density at radius 2 is 1.72 bits per heavy atom. The molecular weight excluding hydrogens is 220 g/mol. The van der Waals surface area contributed by atoms with Crippen molar-refractivity contribution < 1.29 is 1.43 Å². The SMILES string of the molecule is C.C(=C\c1cn2ccccc2n1)/c1ccccc1.[2HH]. The third-order valence-corrected chi connectivity index (χ3v) is 2.63. The van der Waals surface area contributed by atoms with Crippen molar-refractivity contribution in [3.63, 3.8) is 0 Å². The highest BCUT2D eigenvalue weighted by Gasteiger charge is 1.96. The zero-order chi connectivity index (χ0) is 11.5. The van der Waals surface area contributed by atoms with Gasteiger partial charge >= 0.3 is 0 Å².